The first-order valence-electron chi connectivity index (χ1n) is 13.8. The molecule has 0 spiro atoms. The Hall–Kier alpha value is -3.65. The van der Waals surface area contributed by atoms with Gasteiger partial charge in [0.15, 0.2) is 0 Å². The van der Waals surface area contributed by atoms with Crippen molar-refractivity contribution >= 4 is 27.5 Å². The van der Waals surface area contributed by atoms with Crippen molar-refractivity contribution in [1.29, 1.82) is 0 Å². The van der Waals surface area contributed by atoms with Crippen molar-refractivity contribution in [2.45, 2.75) is 64.8 Å². The van der Waals surface area contributed by atoms with Gasteiger partial charge in [-0.15, -0.1) is 0 Å². The van der Waals surface area contributed by atoms with Crippen molar-refractivity contribution in [2.75, 3.05) is 23.9 Å². The van der Waals surface area contributed by atoms with Gasteiger partial charge in [0, 0.05) is 13.1 Å². The number of benzene rings is 3. The van der Waals surface area contributed by atoms with Crippen LogP contribution >= 0.6 is 0 Å². The number of carbonyl (C=O) groups is 2. The van der Waals surface area contributed by atoms with Crippen molar-refractivity contribution < 1.29 is 18.0 Å². The van der Waals surface area contributed by atoms with E-state index in [0.717, 1.165) is 35.1 Å². The maximum Gasteiger partial charge on any atom is 0.264 e. The Balaban J connectivity index is 1.99. The molecule has 0 fully saturated rings. The van der Waals surface area contributed by atoms with Crippen LogP contribution in [-0.4, -0.2) is 50.8 Å². The molecule has 3 rings (SSSR count). The Labute approximate surface area is 239 Å². The van der Waals surface area contributed by atoms with E-state index in [1.54, 1.807) is 43.3 Å². The predicted octanol–water partition coefficient (Wildman–Crippen LogP) is 5.18. The van der Waals surface area contributed by atoms with Gasteiger partial charge in [0.1, 0.15) is 12.6 Å². The Morgan fingerprint density at radius 2 is 1.57 bits per heavy atom. The summed E-state index contributed by atoms with van der Waals surface area (Å²) in [6.07, 6.45) is 2.31. The molecule has 40 heavy (non-hydrogen) atoms. The fourth-order valence-electron chi connectivity index (χ4n) is 4.46. The monoisotopic (exact) mass is 563 g/mol. The fourth-order valence-corrected chi connectivity index (χ4v) is 5.93. The number of anilines is 1. The highest BCUT2D eigenvalue weighted by Crippen LogP contribution is 2.29. The molecule has 8 heteroatoms. The Morgan fingerprint density at radius 1 is 0.900 bits per heavy atom. The summed E-state index contributed by atoms with van der Waals surface area (Å²) < 4.78 is 29.2. The summed E-state index contributed by atoms with van der Waals surface area (Å²) in [5.41, 5.74) is 4.09. The number of carbonyl (C=O) groups excluding carboxylic acids is 2. The van der Waals surface area contributed by atoms with Gasteiger partial charge < -0.3 is 10.2 Å². The van der Waals surface area contributed by atoms with Crippen LogP contribution in [0.1, 0.15) is 48.9 Å². The van der Waals surface area contributed by atoms with Crippen molar-refractivity contribution in [3.8, 4) is 0 Å². The van der Waals surface area contributed by atoms with Crippen LogP contribution in [-0.2, 0) is 26.0 Å². The van der Waals surface area contributed by atoms with Gasteiger partial charge >= 0.3 is 0 Å². The lowest BCUT2D eigenvalue weighted by Crippen LogP contribution is -2.52. The van der Waals surface area contributed by atoms with Gasteiger partial charge in [-0.05, 0) is 75.4 Å². The number of nitrogens with zero attached hydrogens (tertiary/aromatic N) is 2. The number of sulfonamides is 1. The number of rotatable bonds is 13. The quantitative estimate of drug-likeness (QED) is 0.290. The van der Waals surface area contributed by atoms with Crippen LogP contribution < -0.4 is 9.62 Å². The lowest BCUT2D eigenvalue weighted by atomic mass is 10.1. The Kier molecular flexibility index (Phi) is 10.9. The van der Waals surface area contributed by atoms with E-state index in [9.17, 15) is 18.0 Å². The topological polar surface area (TPSA) is 86.8 Å². The summed E-state index contributed by atoms with van der Waals surface area (Å²) in [5, 5.41) is 2.92. The molecule has 1 atom stereocenters. The molecule has 2 amide bonds. The summed E-state index contributed by atoms with van der Waals surface area (Å²) in [5.74, 6) is -0.694. The van der Waals surface area contributed by atoms with Crippen molar-refractivity contribution in [3.05, 3.63) is 95.1 Å². The van der Waals surface area contributed by atoms with Gasteiger partial charge in [-0.2, -0.15) is 0 Å². The standard InChI is InChI=1S/C32H41N3O4S/c1-6-7-21-33-32(37)27(5)34(22-20-28-13-9-8-10-14-28)31(36)23-35(30-15-11-12-25(3)26(30)4)40(38,39)29-18-16-24(2)17-19-29/h8-19,27H,6-7,20-23H2,1-5H3,(H,33,37)/t27-/m1/s1. The van der Waals surface area contributed by atoms with Crippen LogP contribution in [0.5, 0.6) is 0 Å². The number of hydrogen-bond acceptors (Lipinski definition) is 4. The van der Waals surface area contributed by atoms with E-state index in [1.165, 1.54) is 9.21 Å². The van der Waals surface area contributed by atoms with E-state index >= 15 is 0 Å². The van der Waals surface area contributed by atoms with Crippen molar-refractivity contribution in [1.82, 2.24) is 10.2 Å². The number of hydrogen-bond donors (Lipinski definition) is 1. The third-order valence-electron chi connectivity index (χ3n) is 7.21. The van der Waals surface area contributed by atoms with Crippen LogP contribution in [0.15, 0.2) is 77.7 Å². The number of nitrogens with one attached hydrogen (secondary N) is 1. The number of amides is 2. The van der Waals surface area contributed by atoms with Crippen LogP contribution in [0.3, 0.4) is 0 Å². The minimum atomic E-state index is -4.08. The van der Waals surface area contributed by atoms with Crippen molar-refractivity contribution in [3.63, 3.8) is 0 Å². The first kappa shape index (κ1) is 30.9. The Morgan fingerprint density at radius 3 is 2.23 bits per heavy atom. The highest BCUT2D eigenvalue weighted by molar-refractivity contribution is 7.92. The van der Waals surface area contributed by atoms with E-state index < -0.39 is 28.5 Å². The molecule has 0 aliphatic heterocycles. The third kappa shape index (κ3) is 7.72. The minimum Gasteiger partial charge on any atom is -0.354 e. The zero-order valence-corrected chi connectivity index (χ0v) is 25.0. The average molecular weight is 564 g/mol. The predicted molar refractivity (Wildman–Crippen MR) is 161 cm³/mol. The second kappa shape index (κ2) is 14.1. The molecule has 214 valence electrons. The molecular weight excluding hydrogens is 522 g/mol. The van der Waals surface area contributed by atoms with Crippen LogP contribution in [0.2, 0.25) is 0 Å². The third-order valence-corrected chi connectivity index (χ3v) is 8.99. The highest BCUT2D eigenvalue weighted by atomic mass is 32.2. The summed E-state index contributed by atoms with van der Waals surface area (Å²) >= 11 is 0. The Bertz CT molecular complexity index is 1390. The maximum atomic E-state index is 14.0. The van der Waals surface area contributed by atoms with Gasteiger partial charge in [-0.1, -0.05) is 73.5 Å². The molecule has 3 aromatic carbocycles. The minimum absolute atomic E-state index is 0.105. The summed E-state index contributed by atoms with van der Waals surface area (Å²) in [6, 6.07) is 21.0. The highest BCUT2D eigenvalue weighted by Gasteiger charge is 2.33. The van der Waals surface area contributed by atoms with E-state index in [-0.39, 0.29) is 17.3 Å². The van der Waals surface area contributed by atoms with Gasteiger partial charge in [0.2, 0.25) is 11.8 Å². The van der Waals surface area contributed by atoms with E-state index in [0.29, 0.717) is 18.7 Å². The molecule has 0 unspecified atom stereocenters. The molecule has 0 saturated heterocycles. The molecule has 0 heterocycles. The van der Waals surface area contributed by atoms with Gasteiger partial charge in [0.05, 0.1) is 10.6 Å². The molecule has 0 saturated carbocycles. The summed E-state index contributed by atoms with van der Waals surface area (Å²) in [7, 11) is -4.08. The lowest BCUT2D eigenvalue weighted by molar-refractivity contribution is -0.138. The molecular formula is C32H41N3O4S. The first-order chi connectivity index (χ1) is 19.1. The molecule has 0 aliphatic carbocycles. The zero-order valence-electron chi connectivity index (χ0n) is 24.2. The maximum absolute atomic E-state index is 14.0. The molecule has 0 bridgehead atoms. The average Bonchev–Trinajstić information content (AvgIpc) is 2.94. The molecule has 7 nitrogen and oxygen atoms in total. The smallest absolute Gasteiger partial charge is 0.264 e. The van der Waals surface area contributed by atoms with E-state index in [2.05, 4.69) is 5.32 Å². The largest absolute Gasteiger partial charge is 0.354 e. The van der Waals surface area contributed by atoms with Gasteiger partial charge in [0.25, 0.3) is 10.0 Å². The van der Waals surface area contributed by atoms with Crippen LogP contribution in [0, 0.1) is 20.8 Å². The second-order valence-corrected chi connectivity index (χ2v) is 12.0. The summed E-state index contributed by atoms with van der Waals surface area (Å²) in [4.78, 5) is 28.6. The zero-order chi connectivity index (χ0) is 29.3. The molecule has 1 N–H and O–H groups in total. The molecule has 0 aliphatic rings. The molecule has 0 radical (unpaired) electrons. The number of aryl methyl sites for hydroxylation is 2. The fraction of sp³-hybridized carbons (Fsp3) is 0.375. The van der Waals surface area contributed by atoms with Gasteiger partial charge in [-0.3, -0.25) is 13.9 Å². The van der Waals surface area contributed by atoms with Crippen molar-refractivity contribution in [2.24, 2.45) is 0 Å². The first-order valence-corrected chi connectivity index (χ1v) is 15.3. The van der Waals surface area contributed by atoms with E-state index in [1.807, 2.05) is 64.1 Å². The van der Waals surface area contributed by atoms with Gasteiger partial charge in [-0.25, -0.2) is 8.42 Å². The lowest BCUT2D eigenvalue weighted by Gasteiger charge is -2.32. The molecule has 3 aromatic rings. The summed E-state index contributed by atoms with van der Waals surface area (Å²) in [6.45, 7) is 9.76. The van der Waals surface area contributed by atoms with E-state index in [4.69, 9.17) is 0 Å². The normalized spacial score (nSPS) is 12.0. The van der Waals surface area contributed by atoms with Crippen LogP contribution in [0.4, 0.5) is 5.69 Å². The van der Waals surface area contributed by atoms with Crippen LogP contribution in [0.25, 0.3) is 0 Å². The molecule has 0 aromatic heterocycles. The SMILES string of the molecule is CCCCNC(=O)[C@@H](C)N(CCc1ccccc1)C(=O)CN(c1cccc(C)c1C)S(=O)(=O)c1ccc(C)cc1. The number of unbranched alkanes of at least 4 members (excludes halogenated alkanes) is 1. The second-order valence-electron chi connectivity index (χ2n) is 10.2.